The third-order valence-corrected chi connectivity index (χ3v) is 5.53. The van der Waals surface area contributed by atoms with Gasteiger partial charge in [-0.2, -0.15) is 0 Å². The lowest BCUT2D eigenvalue weighted by molar-refractivity contribution is 0.0903. The van der Waals surface area contributed by atoms with E-state index in [4.69, 9.17) is 0 Å². The van der Waals surface area contributed by atoms with Gasteiger partial charge >= 0.3 is 0 Å². The Morgan fingerprint density at radius 3 is 2.44 bits per heavy atom. The van der Waals surface area contributed by atoms with E-state index in [1.165, 1.54) is 45.1 Å². The maximum atomic E-state index is 2.75. The lowest BCUT2D eigenvalue weighted by Crippen LogP contribution is -2.45. The first kappa shape index (κ1) is 11.1. The first-order valence-electron chi connectivity index (χ1n) is 7.09. The number of hydrogen-bond acceptors (Lipinski definition) is 1. The van der Waals surface area contributed by atoms with E-state index in [1.54, 1.807) is 0 Å². The summed E-state index contributed by atoms with van der Waals surface area (Å²) >= 11 is 0. The van der Waals surface area contributed by atoms with Crippen molar-refractivity contribution in [1.29, 1.82) is 0 Å². The third kappa shape index (κ3) is 1.40. The third-order valence-electron chi connectivity index (χ3n) is 5.53. The van der Waals surface area contributed by atoms with Crippen LogP contribution < -0.4 is 0 Å². The molecular weight excluding hydrogens is 194 g/mol. The van der Waals surface area contributed by atoms with Crippen molar-refractivity contribution in [2.24, 2.45) is 16.7 Å². The van der Waals surface area contributed by atoms with Gasteiger partial charge in [-0.15, -0.1) is 0 Å². The minimum atomic E-state index is 0.483. The summed E-state index contributed by atoms with van der Waals surface area (Å²) in [5, 5.41) is 0. The molecule has 0 aromatic heterocycles. The SMILES string of the molecule is CN1CC2(CC2)C2CCCC21CC(C)(C)C. The first-order valence-corrected chi connectivity index (χ1v) is 7.09. The van der Waals surface area contributed by atoms with Gasteiger partial charge in [0, 0.05) is 12.1 Å². The maximum Gasteiger partial charge on any atom is 0.0245 e. The highest BCUT2D eigenvalue weighted by Gasteiger charge is 2.66. The summed E-state index contributed by atoms with van der Waals surface area (Å²) in [5.41, 5.74) is 1.84. The predicted octanol–water partition coefficient (Wildman–Crippen LogP) is 3.69. The van der Waals surface area contributed by atoms with Crippen LogP contribution in [0.1, 0.15) is 59.3 Å². The quantitative estimate of drug-likeness (QED) is 0.653. The molecule has 0 radical (unpaired) electrons. The zero-order valence-electron chi connectivity index (χ0n) is 11.5. The van der Waals surface area contributed by atoms with Crippen LogP contribution in [0.25, 0.3) is 0 Å². The molecule has 1 aliphatic heterocycles. The molecule has 2 unspecified atom stereocenters. The highest BCUT2D eigenvalue weighted by molar-refractivity contribution is 5.19. The summed E-state index contributed by atoms with van der Waals surface area (Å²) in [6, 6.07) is 0. The second-order valence-corrected chi connectivity index (χ2v) is 8.00. The molecule has 16 heavy (non-hydrogen) atoms. The Bertz CT molecular complexity index is 297. The van der Waals surface area contributed by atoms with Gasteiger partial charge in [0.15, 0.2) is 0 Å². The molecule has 2 saturated carbocycles. The fourth-order valence-electron chi connectivity index (χ4n) is 5.06. The van der Waals surface area contributed by atoms with Gasteiger partial charge in [0.1, 0.15) is 0 Å². The predicted molar refractivity (Wildman–Crippen MR) is 68.4 cm³/mol. The standard InChI is InChI=1S/C15H27N/c1-13(2,3)10-15-7-5-6-12(15)14(8-9-14)11-16(15)4/h12H,5-11H2,1-4H3. The topological polar surface area (TPSA) is 3.24 Å². The highest BCUT2D eigenvalue weighted by Crippen LogP contribution is 2.68. The number of fused-ring (bicyclic) bond motifs is 2. The van der Waals surface area contributed by atoms with Gasteiger partial charge in [-0.3, -0.25) is 4.90 Å². The minimum Gasteiger partial charge on any atom is -0.300 e. The fraction of sp³-hybridized carbons (Fsp3) is 1.00. The van der Waals surface area contributed by atoms with E-state index < -0.39 is 0 Å². The lowest BCUT2D eigenvalue weighted by Gasteiger charge is -2.41. The van der Waals surface area contributed by atoms with Gasteiger partial charge < -0.3 is 0 Å². The largest absolute Gasteiger partial charge is 0.300 e. The molecule has 0 bridgehead atoms. The van der Waals surface area contributed by atoms with Gasteiger partial charge in [0.25, 0.3) is 0 Å². The van der Waals surface area contributed by atoms with Gasteiger partial charge in [-0.25, -0.2) is 0 Å². The highest BCUT2D eigenvalue weighted by atomic mass is 15.2. The van der Waals surface area contributed by atoms with Gasteiger partial charge in [-0.1, -0.05) is 27.2 Å². The van der Waals surface area contributed by atoms with Crippen molar-refractivity contribution < 1.29 is 0 Å². The van der Waals surface area contributed by atoms with E-state index in [-0.39, 0.29) is 0 Å². The Hall–Kier alpha value is -0.0400. The Balaban J connectivity index is 1.91. The minimum absolute atomic E-state index is 0.483. The zero-order chi connectivity index (χ0) is 11.6. The second-order valence-electron chi connectivity index (χ2n) is 8.00. The van der Waals surface area contributed by atoms with E-state index in [2.05, 4.69) is 32.7 Å². The van der Waals surface area contributed by atoms with Crippen LogP contribution in [0, 0.1) is 16.7 Å². The Morgan fingerprint density at radius 2 is 1.88 bits per heavy atom. The molecule has 1 heterocycles. The first-order chi connectivity index (χ1) is 7.38. The van der Waals surface area contributed by atoms with E-state index in [0.29, 0.717) is 11.0 Å². The molecule has 2 atom stereocenters. The average Bonchev–Trinajstić information content (AvgIpc) is 2.71. The molecular formula is C15H27N. The van der Waals surface area contributed by atoms with Crippen molar-refractivity contribution in [2.75, 3.05) is 13.6 Å². The molecule has 1 saturated heterocycles. The number of likely N-dealkylation sites (tertiary alicyclic amines) is 1. The molecule has 0 N–H and O–H groups in total. The molecule has 3 aliphatic rings. The number of rotatable bonds is 1. The van der Waals surface area contributed by atoms with Crippen molar-refractivity contribution >= 4 is 0 Å². The number of hydrogen-bond donors (Lipinski definition) is 0. The lowest BCUT2D eigenvalue weighted by atomic mass is 9.72. The molecule has 0 aromatic rings. The number of nitrogens with zero attached hydrogens (tertiary/aromatic N) is 1. The fourth-order valence-corrected chi connectivity index (χ4v) is 5.06. The summed E-state index contributed by atoms with van der Waals surface area (Å²) in [6.07, 6.45) is 8.91. The average molecular weight is 221 g/mol. The van der Waals surface area contributed by atoms with Crippen LogP contribution in [-0.2, 0) is 0 Å². The van der Waals surface area contributed by atoms with Crippen LogP contribution in [0.5, 0.6) is 0 Å². The normalized spacial score (nSPS) is 41.6. The van der Waals surface area contributed by atoms with Crippen molar-refractivity contribution in [3.63, 3.8) is 0 Å². The van der Waals surface area contributed by atoms with Gasteiger partial charge in [0.05, 0.1) is 0 Å². The van der Waals surface area contributed by atoms with Crippen LogP contribution in [-0.4, -0.2) is 24.0 Å². The summed E-state index contributed by atoms with van der Waals surface area (Å²) < 4.78 is 0. The van der Waals surface area contributed by atoms with Crippen LogP contribution in [0.15, 0.2) is 0 Å². The molecule has 2 aliphatic carbocycles. The van der Waals surface area contributed by atoms with Gasteiger partial charge in [-0.05, 0) is 55.9 Å². The second kappa shape index (κ2) is 3.04. The van der Waals surface area contributed by atoms with E-state index in [1.807, 2.05) is 0 Å². The maximum absolute atomic E-state index is 2.75. The van der Waals surface area contributed by atoms with Crippen LogP contribution >= 0.6 is 0 Å². The van der Waals surface area contributed by atoms with Crippen molar-refractivity contribution in [3.05, 3.63) is 0 Å². The molecule has 0 amide bonds. The van der Waals surface area contributed by atoms with Crippen LogP contribution in [0.2, 0.25) is 0 Å². The van der Waals surface area contributed by atoms with E-state index >= 15 is 0 Å². The molecule has 1 spiro atoms. The zero-order valence-corrected chi connectivity index (χ0v) is 11.5. The molecule has 92 valence electrons. The summed E-state index contributed by atoms with van der Waals surface area (Å²) in [7, 11) is 2.40. The van der Waals surface area contributed by atoms with Crippen LogP contribution in [0.3, 0.4) is 0 Å². The van der Waals surface area contributed by atoms with Crippen molar-refractivity contribution in [3.8, 4) is 0 Å². The monoisotopic (exact) mass is 221 g/mol. The molecule has 1 heteroatoms. The summed E-state index contributed by atoms with van der Waals surface area (Å²) in [5.74, 6) is 1.03. The Morgan fingerprint density at radius 1 is 1.19 bits per heavy atom. The van der Waals surface area contributed by atoms with Crippen LogP contribution in [0.4, 0.5) is 0 Å². The Kier molecular flexibility index (Phi) is 2.11. The molecule has 0 aromatic carbocycles. The Labute approximate surface area is 101 Å². The molecule has 3 fully saturated rings. The smallest absolute Gasteiger partial charge is 0.0245 e. The summed E-state index contributed by atoms with van der Waals surface area (Å²) in [4.78, 5) is 2.75. The van der Waals surface area contributed by atoms with Crippen molar-refractivity contribution in [2.45, 2.75) is 64.8 Å². The van der Waals surface area contributed by atoms with Gasteiger partial charge in [0.2, 0.25) is 0 Å². The molecule has 3 rings (SSSR count). The molecule has 1 nitrogen and oxygen atoms in total. The van der Waals surface area contributed by atoms with Crippen molar-refractivity contribution in [1.82, 2.24) is 4.90 Å². The van der Waals surface area contributed by atoms with E-state index in [0.717, 1.165) is 11.3 Å². The van der Waals surface area contributed by atoms with E-state index in [9.17, 15) is 0 Å². The summed E-state index contributed by atoms with van der Waals surface area (Å²) in [6.45, 7) is 8.66.